The lowest BCUT2D eigenvalue weighted by Crippen LogP contribution is -2.43. The van der Waals surface area contributed by atoms with Crippen molar-refractivity contribution in [3.63, 3.8) is 0 Å². The first-order valence-electron chi connectivity index (χ1n) is 8.31. The molecule has 0 fully saturated rings. The van der Waals surface area contributed by atoms with E-state index in [9.17, 15) is 22.8 Å². The van der Waals surface area contributed by atoms with Gasteiger partial charge in [-0.3, -0.25) is 14.9 Å². The molecule has 0 saturated heterocycles. The largest absolute Gasteiger partial charge is 0.407 e. The molecule has 0 heterocycles. The SMILES string of the molecule is CN(CC(=O)Nc1cccc(Cl)c1)C(=O)CNC(c1ccccc1)C(F)(F)F. The van der Waals surface area contributed by atoms with Gasteiger partial charge in [-0.2, -0.15) is 13.2 Å². The van der Waals surface area contributed by atoms with Crippen LogP contribution in [0.25, 0.3) is 0 Å². The zero-order chi connectivity index (χ0) is 20.7. The highest BCUT2D eigenvalue weighted by atomic mass is 35.5. The second-order valence-electron chi connectivity index (χ2n) is 6.07. The van der Waals surface area contributed by atoms with E-state index in [1.54, 1.807) is 24.3 Å². The second kappa shape index (κ2) is 9.57. The summed E-state index contributed by atoms with van der Waals surface area (Å²) in [6, 6.07) is 11.7. The Hall–Kier alpha value is -2.58. The Kier molecular flexibility index (Phi) is 7.42. The summed E-state index contributed by atoms with van der Waals surface area (Å²) in [6.45, 7) is -0.880. The zero-order valence-corrected chi connectivity index (χ0v) is 15.7. The third-order valence-electron chi connectivity index (χ3n) is 3.83. The number of halogens is 4. The number of nitrogens with one attached hydrogen (secondary N) is 2. The maximum absolute atomic E-state index is 13.3. The van der Waals surface area contributed by atoms with Gasteiger partial charge in [0.25, 0.3) is 0 Å². The van der Waals surface area contributed by atoms with E-state index in [-0.39, 0.29) is 12.1 Å². The van der Waals surface area contributed by atoms with Crippen molar-refractivity contribution in [1.29, 1.82) is 0 Å². The number of likely N-dealkylation sites (N-methyl/N-ethyl adjacent to an activating group) is 1. The minimum Gasteiger partial charge on any atom is -0.335 e. The fourth-order valence-corrected chi connectivity index (χ4v) is 2.65. The predicted molar refractivity (Wildman–Crippen MR) is 101 cm³/mol. The molecule has 0 bridgehead atoms. The van der Waals surface area contributed by atoms with Gasteiger partial charge in [0.2, 0.25) is 11.8 Å². The van der Waals surface area contributed by atoms with Gasteiger partial charge in [0.15, 0.2) is 0 Å². The van der Waals surface area contributed by atoms with Gasteiger partial charge in [0, 0.05) is 17.8 Å². The molecule has 9 heteroatoms. The summed E-state index contributed by atoms with van der Waals surface area (Å²) in [5, 5.41) is 5.22. The van der Waals surface area contributed by atoms with Crippen LogP contribution in [-0.2, 0) is 9.59 Å². The fraction of sp³-hybridized carbons (Fsp3) is 0.263. The van der Waals surface area contributed by atoms with Gasteiger partial charge in [-0.25, -0.2) is 0 Å². The molecule has 2 aromatic carbocycles. The molecule has 0 aliphatic heterocycles. The van der Waals surface area contributed by atoms with E-state index in [1.165, 1.54) is 37.4 Å². The molecule has 0 aromatic heterocycles. The molecule has 2 rings (SSSR count). The zero-order valence-electron chi connectivity index (χ0n) is 15.0. The topological polar surface area (TPSA) is 61.4 Å². The van der Waals surface area contributed by atoms with Crippen LogP contribution in [0.5, 0.6) is 0 Å². The Bertz CT molecular complexity index is 816. The molecule has 0 aliphatic rings. The molecule has 5 nitrogen and oxygen atoms in total. The van der Waals surface area contributed by atoms with Crippen LogP contribution in [0.4, 0.5) is 18.9 Å². The minimum absolute atomic E-state index is 0.00384. The van der Waals surface area contributed by atoms with Crippen molar-refractivity contribution in [2.24, 2.45) is 0 Å². The summed E-state index contributed by atoms with van der Waals surface area (Å²) in [4.78, 5) is 25.2. The number of rotatable bonds is 7. The number of hydrogen-bond acceptors (Lipinski definition) is 3. The minimum atomic E-state index is -4.57. The first kappa shape index (κ1) is 21.7. The Morgan fingerprint density at radius 2 is 1.79 bits per heavy atom. The van der Waals surface area contributed by atoms with Crippen molar-refractivity contribution < 1.29 is 22.8 Å². The van der Waals surface area contributed by atoms with E-state index in [0.717, 1.165) is 4.90 Å². The van der Waals surface area contributed by atoms with Crippen LogP contribution in [0, 0.1) is 0 Å². The monoisotopic (exact) mass is 413 g/mol. The summed E-state index contributed by atoms with van der Waals surface area (Å²) in [5.41, 5.74) is 0.460. The number of carbonyl (C=O) groups is 2. The Morgan fingerprint density at radius 1 is 1.11 bits per heavy atom. The van der Waals surface area contributed by atoms with Gasteiger partial charge in [-0.05, 0) is 23.8 Å². The summed E-state index contributed by atoms with van der Waals surface area (Å²) in [5.74, 6) is -1.14. The highest BCUT2D eigenvalue weighted by molar-refractivity contribution is 6.30. The van der Waals surface area contributed by atoms with E-state index >= 15 is 0 Å². The molecule has 1 atom stereocenters. The lowest BCUT2D eigenvalue weighted by atomic mass is 10.1. The molecule has 0 saturated carbocycles. The quantitative estimate of drug-likeness (QED) is 0.728. The maximum atomic E-state index is 13.3. The lowest BCUT2D eigenvalue weighted by Gasteiger charge is -2.23. The van der Waals surface area contributed by atoms with Gasteiger partial charge < -0.3 is 10.2 Å². The molecule has 0 radical (unpaired) electrons. The Morgan fingerprint density at radius 3 is 2.39 bits per heavy atom. The van der Waals surface area contributed by atoms with Crippen molar-refractivity contribution in [3.8, 4) is 0 Å². The van der Waals surface area contributed by atoms with Gasteiger partial charge in [0.05, 0.1) is 13.1 Å². The van der Waals surface area contributed by atoms with E-state index in [1.807, 2.05) is 0 Å². The summed E-state index contributed by atoms with van der Waals surface area (Å²) >= 11 is 5.83. The molecule has 2 N–H and O–H groups in total. The van der Waals surface area contributed by atoms with Crippen LogP contribution in [0.3, 0.4) is 0 Å². The average molecular weight is 414 g/mol. The molecule has 1 unspecified atom stereocenters. The van der Waals surface area contributed by atoms with Crippen LogP contribution in [-0.4, -0.2) is 43.0 Å². The number of amides is 2. The van der Waals surface area contributed by atoms with E-state index in [4.69, 9.17) is 11.6 Å². The number of alkyl halides is 3. The van der Waals surface area contributed by atoms with Crippen molar-refractivity contribution in [3.05, 3.63) is 65.2 Å². The predicted octanol–water partition coefficient (Wildman–Crippen LogP) is 3.63. The fourth-order valence-electron chi connectivity index (χ4n) is 2.46. The van der Waals surface area contributed by atoms with Crippen molar-refractivity contribution in [2.75, 3.05) is 25.5 Å². The van der Waals surface area contributed by atoms with Crippen LogP contribution in [0.1, 0.15) is 11.6 Å². The summed E-state index contributed by atoms with van der Waals surface area (Å²) in [7, 11) is 1.34. The van der Waals surface area contributed by atoms with Crippen molar-refractivity contribution in [1.82, 2.24) is 10.2 Å². The van der Waals surface area contributed by atoms with Crippen molar-refractivity contribution >= 4 is 29.1 Å². The average Bonchev–Trinajstić information content (AvgIpc) is 2.61. The standard InChI is InChI=1S/C19H19ClF3N3O2/c1-26(12-16(27)25-15-9-5-8-14(20)10-15)17(28)11-24-18(19(21,22)23)13-6-3-2-4-7-13/h2-10,18,24H,11-12H2,1H3,(H,25,27). The van der Waals surface area contributed by atoms with Crippen LogP contribution in [0.15, 0.2) is 54.6 Å². The first-order chi connectivity index (χ1) is 13.2. The van der Waals surface area contributed by atoms with Crippen LogP contribution >= 0.6 is 11.6 Å². The van der Waals surface area contributed by atoms with Crippen LogP contribution < -0.4 is 10.6 Å². The molecule has 150 valence electrons. The first-order valence-corrected chi connectivity index (χ1v) is 8.69. The van der Waals surface area contributed by atoms with Crippen molar-refractivity contribution in [2.45, 2.75) is 12.2 Å². The normalized spacial score (nSPS) is 12.3. The Labute approximate surface area is 165 Å². The molecule has 2 amide bonds. The Balaban J connectivity index is 1.91. The number of nitrogens with zero attached hydrogens (tertiary/aromatic N) is 1. The van der Waals surface area contributed by atoms with Gasteiger partial charge in [0.1, 0.15) is 6.04 Å². The molecular formula is C19H19ClF3N3O2. The molecule has 28 heavy (non-hydrogen) atoms. The second-order valence-corrected chi connectivity index (χ2v) is 6.51. The maximum Gasteiger partial charge on any atom is 0.407 e. The molecule has 2 aromatic rings. The third kappa shape index (κ3) is 6.54. The number of anilines is 1. The summed E-state index contributed by atoms with van der Waals surface area (Å²) in [6.07, 6.45) is -4.57. The van der Waals surface area contributed by atoms with Crippen LogP contribution in [0.2, 0.25) is 5.02 Å². The molecule has 0 spiro atoms. The van der Waals surface area contributed by atoms with E-state index < -0.39 is 30.6 Å². The number of benzene rings is 2. The molecule has 0 aliphatic carbocycles. The van der Waals surface area contributed by atoms with Gasteiger partial charge in [-0.15, -0.1) is 0 Å². The lowest BCUT2D eigenvalue weighted by molar-refractivity contribution is -0.159. The smallest absolute Gasteiger partial charge is 0.335 e. The number of carbonyl (C=O) groups excluding carboxylic acids is 2. The highest BCUT2D eigenvalue weighted by Gasteiger charge is 2.40. The van der Waals surface area contributed by atoms with E-state index in [0.29, 0.717) is 10.7 Å². The van der Waals surface area contributed by atoms with Gasteiger partial charge in [-0.1, -0.05) is 48.0 Å². The van der Waals surface area contributed by atoms with E-state index in [2.05, 4.69) is 10.6 Å². The molecular weight excluding hydrogens is 395 g/mol. The van der Waals surface area contributed by atoms with Gasteiger partial charge >= 0.3 is 6.18 Å². The third-order valence-corrected chi connectivity index (χ3v) is 4.07. The highest BCUT2D eigenvalue weighted by Crippen LogP contribution is 2.32. The number of hydrogen-bond donors (Lipinski definition) is 2. The summed E-state index contributed by atoms with van der Waals surface area (Å²) < 4.78 is 39.8.